The van der Waals surface area contributed by atoms with Crippen molar-refractivity contribution in [3.8, 4) is 0 Å². The summed E-state index contributed by atoms with van der Waals surface area (Å²) in [4.78, 5) is 19.0. The Balaban J connectivity index is 1.55. The van der Waals surface area contributed by atoms with Gasteiger partial charge in [0.2, 0.25) is 0 Å². The second-order valence-electron chi connectivity index (χ2n) is 9.03. The van der Waals surface area contributed by atoms with E-state index in [1.165, 1.54) is 46.1 Å². The molecule has 5 rings (SSSR count). The summed E-state index contributed by atoms with van der Waals surface area (Å²) < 4.78 is 0. The summed E-state index contributed by atoms with van der Waals surface area (Å²) in [5.74, 6) is 0.995. The van der Waals surface area contributed by atoms with Gasteiger partial charge in [0, 0.05) is 48.1 Å². The number of carbonyl (C=O) groups is 1. The molecule has 0 bridgehead atoms. The first-order valence-electron chi connectivity index (χ1n) is 10.8. The molecule has 3 atom stereocenters. The lowest BCUT2D eigenvalue weighted by Crippen LogP contribution is -2.44. The summed E-state index contributed by atoms with van der Waals surface area (Å²) in [5.41, 5.74) is 6.85. The van der Waals surface area contributed by atoms with Crippen molar-refractivity contribution >= 4 is 22.3 Å². The summed E-state index contributed by atoms with van der Waals surface area (Å²) >= 11 is 0. The van der Waals surface area contributed by atoms with Gasteiger partial charge in [-0.05, 0) is 60.9 Å². The molecular formula is C24H30N2O2. The van der Waals surface area contributed by atoms with E-state index in [2.05, 4.69) is 41.2 Å². The standard InChI is InChI=1S/C24H30N2O2/c1-3-14(13-27)9-22(28)16-10-18-17-5-4-6-20-23(17)19(11-21(18)26(2)12-16)24(25-20)15-7-8-15/h4-6,10,14-16,21,25,27H,3,7-9,11-13H2,1-2H3. The third-order valence-electron chi connectivity index (χ3n) is 7.15. The number of nitrogens with one attached hydrogen (secondary N) is 1. The zero-order valence-electron chi connectivity index (χ0n) is 16.9. The summed E-state index contributed by atoms with van der Waals surface area (Å²) in [7, 11) is 2.16. The number of carbonyl (C=O) groups excluding carboxylic acids is 1. The van der Waals surface area contributed by atoms with Gasteiger partial charge in [-0.3, -0.25) is 9.69 Å². The lowest BCUT2D eigenvalue weighted by Gasteiger charge is -2.40. The number of ketones is 1. The molecular weight excluding hydrogens is 348 g/mol. The highest BCUT2D eigenvalue weighted by Gasteiger charge is 2.38. The van der Waals surface area contributed by atoms with Crippen LogP contribution in [0.1, 0.15) is 55.3 Å². The van der Waals surface area contributed by atoms with Gasteiger partial charge in [0.25, 0.3) is 0 Å². The second-order valence-corrected chi connectivity index (χ2v) is 9.03. The van der Waals surface area contributed by atoms with E-state index in [1.807, 2.05) is 6.92 Å². The summed E-state index contributed by atoms with van der Waals surface area (Å²) in [6.07, 6.45) is 7.22. The van der Waals surface area contributed by atoms with Crippen LogP contribution < -0.4 is 0 Å². The number of nitrogens with zero attached hydrogens (tertiary/aromatic N) is 1. The second kappa shape index (κ2) is 6.85. The van der Waals surface area contributed by atoms with Gasteiger partial charge >= 0.3 is 0 Å². The summed E-state index contributed by atoms with van der Waals surface area (Å²) in [5, 5.41) is 10.9. The predicted molar refractivity (Wildman–Crippen MR) is 112 cm³/mol. The molecule has 0 radical (unpaired) electrons. The smallest absolute Gasteiger partial charge is 0.141 e. The molecule has 3 unspecified atom stereocenters. The minimum Gasteiger partial charge on any atom is -0.396 e. The molecule has 2 aromatic rings. The van der Waals surface area contributed by atoms with E-state index in [4.69, 9.17) is 0 Å². The Bertz CT molecular complexity index is 949. The molecule has 1 fully saturated rings. The largest absolute Gasteiger partial charge is 0.396 e. The average Bonchev–Trinajstić information content (AvgIpc) is 3.49. The first kappa shape index (κ1) is 18.1. The zero-order valence-corrected chi connectivity index (χ0v) is 16.9. The minimum atomic E-state index is -0.0736. The van der Waals surface area contributed by atoms with E-state index in [-0.39, 0.29) is 24.2 Å². The lowest BCUT2D eigenvalue weighted by molar-refractivity contribution is -0.123. The Morgan fingerprint density at radius 2 is 2.18 bits per heavy atom. The highest BCUT2D eigenvalue weighted by atomic mass is 16.3. The first-order chi connectivity index (χ1) is 13.6. The van der Waals surface area contributed by atoms with Crippen LogP contribution in [0.25, 0.3) is 16.5 Å². The van der Waals surface area contributed by atoms with Crippen LogP contribution in [0.2, 0.25) is 0 Å². The van der Waals surface area contributed by atoms with Crippen LogP contribution in [0.3, 0.4) is 0 Å². The van der Waals surface area contributed by atoms with E-state index in [9.17, 15) is 9.90 Å². The molecule has 2 N–H and O–H groups in total. The van der Waals surface area contributed by atoms with Gasteiger partial charge in [-0.15, -0.1) is 0 Å². The molecule has 28 heavy (non-hydrogen) atoms. The summed E-state index contributed by atoms with van der Waals surface area (Å²) in [6, 6.07) is 6.92. The highest BCUT2D eigenvalue weighted by Crippen LogP contribution is 2.48. The van der Waals surface area contributed by atoms with Crippen molar-refractivity contribution in [3.63, 3.8) is 0 Å². The predicted octanol–water partition coefficient (Wildman–Crippen LogP) is 3.89. The molecule has 148 valence electrons. The number of hydrogen-bond acceptors (Lipinski definition) is 3. The maximum absolute atomic E-state index is 12.9. The molecule has 4 heteroatoms. The van der Waals surface area contributed by atoms with E-state index in [1.54, 1.807) is 0 Å². The quantitative estimate of drug-likeness (QED) is 0.802. The first-order valence-corrected chi connectivity index (χ1v) is 10.8. The average molecular weight is 379 g/mol. The molecule has 2 aliphatic carbocycles. The fourth-order valence-corrected chi connectivity index (χ4v) is 5.26. The minimum absolute atomic E-state index is 0.0736. The number of aromatic nitrogens is 1. The third kappa shape index (κ3) is 2.85. The maximum atomic E-state index is 12.9. The van der Waals surface area contributed by atoms with E-state index in [0.29, 0.717) is 18.4 Å². The number of H-pyrrole nitrogens is 1. The van der Waals surface area contributed by atoms with Crippen molar-refractivity contribution < 1.29 is 9.90 Å². The fourth-order valence-electron chi connectivity index (χ4n) is 5.26. The van der Waals surface area contributed by atoms with Crippen LogP contribution >= 0.6 is 0 Å². The van der Waals surface area contributed by atoms with Gasteiger partial charge < -0.3 is 10.1 Å². The lowest BCUT2D eigenvalue weighted by atomic mass is 9.77. The Morgan fingerprint density at radius 3 is 2.89 bits per heavy atom. The number of aliphatic hydroxyl groups excluding tert-OH is 1. The number of benzene rings is 1. The highest BCUT2D eigenvalue weighted by molar-refractivity contribution is 6.00. The number of rotatable bonds is 6. The molecule has 1 aromatic carbocycles. The van der Waals surface area contributed by atoms with Crippen LogP contribution in [0.4, 0.5) is 0 Å². The molecule has 4 nitrogen and oxygen atoms in total. The van der Waals surface area contributed by atoms with Crippen LogP contribution in [-0.2, 0) is 11.2 Å². The van der Waals surface area contributed by atoms with Crippen LogP contribution in [0.5, 0.6) is 0 Å². The molecule has 1 aromatic heterocycles. The van der Waals surface area contributed by atoms with Gasteiger partial charge in [-0.25, -0.2) is 0 Å². The number of aromatic amines is 1. The van der Waals surface area contributed by atoms with Crippen molar-refractivity contribution in [2.24, 2.45) is 11.8 Å². The molecule has 1 aliphatic heterocycles. The van der Waals surface area contributed by atoms with Crippen LogP contribution in [0, 0.1) is 11.8 Å². The topological polar surface area (TPSA) is 56.3 Å². The Kier molecular flexibility index (Phi) is 4.44. The molecule has 0 amide bonds. The van der Waals surface area contributed by atoms with Crippen molar-refractivity contribution in [3.05, 3.63) is 41.1 Å². The van der Waals surface area contributed by atoms with Gasteiger partial charge in [-0.2, -0.15) is 0 Å². The maximum Gasteiger partial charge on any atom is 0.141 e. The van der Waals surface area contributed by atoms with Gasteiger partial charge in [0.15, 0.2) is 0 Å². The van der Waals surface area contributed by atoms with Gasteiger partial charge in [0.05, 0.1) is 0 Å². The van der Waals surface area contributed by atoms with Crippen molar-refractivity contribution in [2.45, 2.75) is 51.0 Å². The molecule has 2 heterocycles. The SMILES string of the molecule is CCC(CO)CC(=O)C1C=C2c3cccc4[nH]c(C5CC5)c(c34)CC2N(C)C1. The van der Waals surface area contributed by atoms with Gasteiger partial charge in [-0.1, -0.05) is 31.6 Å². The molecule has 1 saturated carbocycles. The van der Waals surface area contributed by atoms with Crippen LogP contribution in [-0.4, -0.2) is 47.0 Å². The van der Waals surface area contributed by atoms with E-state index in [0.717, 1.165) is 19.4 Å². The Morgan fingerprint density at radius 1 is 1.36 bits per heavy atom. The molecule has 0 saturated heterocycles. The number of Topliss-reactive ketones (excluding diaryl/α,β-unsaturated/α-hetero) is 1. The van der Waals surface area contributed by atoms with Crippen molar-refractivity contribution in [1.29, 1.82) is 0 Å². The Labute approximate surface area is 166 Å². The van der Waals surface area contributed by atoms with Gasteiger partial charge in [0.1, 0.15) is 5.78 Å². The fraction of sp³-hybridized carbons (Fsp3) is 0.542. The Hall–Kier alpha value is -1.91. The van der Waals surface area contributed by atoms with Crippen molar-refractivity contribution in [1.82, 2.24) is 9.88 Å². The summed E-state index contributed by atoms with van der Waals surface area (Å²) in [6.45, 7) is 2.92. The number of hydrogen-bond donors (Lipinski definition) is 2. The molecule has 0 spiro atoms. The normalized spacial score (nSPS) is 25.5. The monoisotopic (exact) mass is 378 g/mol. The zero-order chi connectivity index (χ0) is 19.4. The number of fused-ring (bicyclic) bond motifs is 2. The number of likely N-dealkylation sites (N-methyl/N-ethyl adjacent to an activating group) is 1. The van der Waals surface area contributed by atoms with E-state index >= 15 is 0 Å². The molecule has 3 aliphatic rings. The van der Waals surface area contributed by atoms with E-state index < -0.39 is 0 Å². The number of aliphatic hydroxyl groups is 1. The third-order valence-corrected chi connectivity index (χ3v) is 7.15. The van der Waals surface area contributed by atoms with Crippen molar-refractivity contribution in [2.75, 3.05) is 20.2 Å². The van der Waals surface area contributed by atoms with Crippen LogP contribution in [0.15, 0.2) is 24.3 Å².